The second-order valence-electron chi connectivity index (χ2n) is 6.21. The van der Waals surface area contributed by atoms with Crippen molar-refractivity contribution < 1.29 is 0 Å². The highest BCUT2D eigenvalue weighted by Gasteiger charge is 2.36. The molecule has 5 heteroatoms. The number of likely N-dealkylation sites (N-methyl/N-ethyl adjacent to an activating group) is 1. The minimum absolute atomic E-state index is 0.322. The van der Waals surface area contributed by atoms with Crippen molar-refractivity contribution in [3.05, 3.63) is 18.0 Å². The number of aryl methyl sites for hydroxylation is 1. The fourth-order valence-corrected chi connectivity index (χ4v) is 3.84. The number of hydrogen-bond acceptors (Lipinski definition) is 4. The van der Waals surface area contributed by atoms with Gasteiger partial charge in [-0.2, -0.15) is 5.10 Å². The molecule has 5 nitrogen and oxygen atoms in total. The van der Waals surface area contributed by atoms with Gasteiger partial charge in [0.2, 0.25) is 0 Å². The fraction of sp³-hybridized carbons (Fsp3) is 0.800. The number of fused-ring (bicyclic) bond motifs is 2. The molecule has 0 amide bonds. The maximum Gasteiger partial charge on any atom is 0.0538 e. The molecule has 1 aromatic heterocycles. The van der Waals surface area contributed by atoms with Crippen molar-refractivity contribution in [3.8, 4) is 0 Å². The van der Waals surface area contributed by atoms with Gasteiger partial charge in [-0.05, 0) is 33.2 Å². The highest BCUT2D eigenvalue weighted by molar-refractivity contribution is 5.12. The van der Waals surface area contributed by atoms with Gasteiger partial charge in [0, 0.05) is 50.0 Å². The molecule has 0 spiro atoms. The first-order chi connectivity index (χ1) is 9.72. The number of nitrogens with zero attached hydrogens (tertiary/aromatic N) is 4. The number of hydrogen-bond donors (Lipinski definition) is 1. The first-order valence-corrected chi connectivity index (χ1v) is 7.91. The molecule has 0 saturated carbocycles. The Hall–Kier alpha value is -0.910. The molecule has 2 saturated heterocycles. The lowest BCUT2D eigenvalue weighted by molar-refractivity contribution is 0.175. The maximum absolute atomic E-state index is 6.08. The molecule has 2 N–H and O–H groups in total. The Labute approximate surface area is 121 Å². The Morgan fingerprint density at radius 2 is 2.15 bits per heavy atom. The highest BCUT2D eigenvalue weighted by atomic mass is 15.3. The Morgan fingerprint density at radius 1 is 1.35 bits per heavy atom. The molecule has 2 fully saturated rings. The van der Waals surface area contributed by atoms with Crippen molar-refractivity contribution >= 4 is 0 Å². The Morgan fingerprint density at radius 3 is 2.85 bits per heavy atom. The summed E-state index contributed by atoms with van der Waals surface area (Å²) < 4.78 is 1.99. The molecule has 1 aromatic rings. The standard InChI is InChI=1S/C15H27N5/c1-3-20-10-12(9-17-20)15(8-16)19-7-6-13-4-5-14(11-19)18(13)2/h9-10,13-15H,3-8,11,16H2,1-2H3. The SMILES string of the molecule is CCn1cc(C(CN)N2CCC3CCC(C2)N3C)cn1. The van der Waals surface area contributed by atoms with E-state index in [1.165, 1.54) is 24.8 Å². The lowest BCUT2D eigenvalue weighted by atomic mass is 10.0. The van der Waals surface area contributed by atoms with Crippen LogP contribution in [0.4, 0.5) is 0 Å². The van der Waals surface area contributed by atoms with Crippen LogP contribution in [0.25, 0.3) is 0 Å². The molecule has 20 heavy (non-hydrogen) atoms. The van der Waals surface area contributed by atoms with E-state index in [4.69, 9.17) is 5.73 Å². The molecule has 3 atom stereocenters. The van der Waals surface area contributed by atoms with Gasteiger partial charge in [0.15, 0.2) is 0 Å². The summed E-state index contributed by atoms with van der Waals surface area (Å²) in [4.78, 5) is 5.17. The molecule has 3 unspecified atom stereocenters. The first-order valence-electron chi connectivity index (χ1n) is 7.91. The van der Waals surface area contributed by atoms with Crippen molar-refractivity contribution in [2.45, 2.75) is 50.9 Å². The van der Waals surface area contributed by atoms with Gasteiger partial charge in [0.25, 0.3) is 0 Å². The van der Waals surface area contributed by atoms with Crippen LogP contribution in [0.1, 0.15) is 37.8 Å². The zero-order valence-corrected chi connectivity index (χ0v) is 12.7. The lowest BCUT2D eigenvalue weighted by Crippen LogP contribution is -2.40. The molecule has 3 rings (SSSR count). The summed E-state index contributed by atoms with van der Waals surface area (Å²) in [6.07, 6.45) is 8.13. The predicted octanol–water partition coefficient (Wildman–Crippen LogP) is 1.07. The van der Waals surface area contributed by atoms with Gasteiger partial charge < -0.3 is 5.73 Å². The van der Waals surface area contributed by atoms with Crippen molar-refractivity contribution in [3.63, 3.8) is 0 Å². The number of likely N-dealkylation sites (tertiary alicyclic amines) is 1. The molecule has 0 aromatic carbocycles. The van der Waals surface area contributed by atoms with E-state index in [0.717, 1.165) is 25.7 Å². The first kappa shape index (κ1) is 14.0. The fourth-order valence-electron chi connectivity index (χ4n) is 3.84. The zero-order valence-electron chi connectivity index (χ0n) is 12.7. The van der Waals surface area contributed by atoms with E-state index < -0.39 is 0 Å². The smallest absolute Gasteiger partial charge is 0.0538 e. The third kappa shape index (κ3) is 2.50. The van der Waals surface area contributed by atoms with Crippen molar-refractivity contribution in [2.24, 2.45) is 5.73 Å². The van der Waals surface area contributed by atoms with Gasteiger partial charge in [-0.15, -0.1) is 0 Å². The molecule has 0 radical (unpaired) electrons. The van der Waals surface area contributed by atoms with Gasteiger partial charge in [0.1, 0.15) is 0 Å². The van der Waals surface area contributed by atoms with Gasteiger partial charge in [-0.1, -0.05) is 0 Å². The van der Waals surface area contributed by atoms with Crippen LogP contribution in [0.2, 0.25) is 0 Å². The summed E-state index contributed by atoms with van der Waals surface area (Å²) >= 11 is 0. The summed E-state index contributed by atoms with van der Waals surface area (Å²) in [5.74, 6) is 0. The van der Waals surface area contributed by atoms with Crippen molar-refractivity contribution in [1.29, 1.82) is 0 Å². The van der Waals surface area contributed by atoms with E-state index in [1.807, 2.05) is 10.9 Å². The van der Waals surface area contributed by atoms with E-state index in [1.54, 1.807) is 0 Å². The third-order valence-electron chi connectivity index (χ3n) is 5.21. The molecular weight excluding hydrogens is 250 g/mol. The number of rotatable bonds is 4. The average molecular weight is 277 g/mol. The minimum Gasteiger partial charge on any atom is -0.329 e. The van der Waals surface area contributed by atoms with Gasteiger partial charge >= 0.3 is 0 Å². The van der Waals surface area contributed by atoms with Crippen LogP contribution in [-0.2, 0) is 6.54 Å². The number of nitrogens with two attached hydrogens (primary N) is 1. The quantitative estimate of drug-likeness (QED) is 0.894. The van der Waals surface area contributed by atoms with E-state index in [2.05, 4.69) is 35.1 Å². The van der Waals surface area contributed by atoms with Crippen molar-refractivity contribution in [1.82, 2.24) is 19.6 Å². The van der Waals surface area contributed by atoms with Crippen LogP contribution in [0.15, 0.2) is 12.4 Å². The molecule has 2 bridgehead atoms. The second-order valence-corrected chi connectivity index (χ2v) is 6.21. The van der Waals surface area contributed by atoms with E-state index >= 15 is 0 Å². The average Bonchev–Trinajstić information content (AvgIpc) is 2.99. The highest BCUT2D eigenvalue weighted by Crippen LogP contribution is 2.31. The van der Waals surface area contributed by atoms with E-state index in [9.17, 15) is 0 Å². The molecule has 2 aliphatic heterocycles. The molecule has 2 aliphatic rings. The van der Waals surface area contributed by atoms with Gasteiger partial charge in [0.05, 0.1) is 12.2 Å². The largest absolute Gasteiger partial charge is 0.329 e. The van der Waals surface area contributed by atoms with Crippen LogP contribution >= 0.6 is 0 Å². The predicted molar refractivity (Wildman–Crippen MR) is 80.5 cm³/mol. The van der Waals surface area contributed by atoms with Crippen LogP contribution in [0.3, 0.4) is 0 Å². The van der Waals surface area contributed by atoms with Crippen LogP contribution < -0.4 is 5.73 Å². The maximum atomic E-state index is 6.08. The monoisotopic (exact) mass is 277 g/mol. The van der Waals surface area contributed by atoms with Crippen LogP contribution in [0, 0.1) is 0 Å². The van der Waals surface area contributed by atoms with E-state index in [0.29, 0.717) is 18.6 Å². The Kier molecular flexibility index (Phi) is 4.10. The topological polar surface area (TPSA) is 50.3 Å². The molecule has 112 valence electrons. The second kappa shape index (κ2) is 5.84. The van der Waals surface area contributed by atoms with Crippen LogP contribution in [0.5, 0.6) is 0 Å². The third-order valence-corrected chi connectivity index (χ3v) is 5.21. The van der Waals surface area contributed by atoms with Gasteiger partial charge in [-0.25, -0.2) is 0 Å². The molecule has 0 aliphatic carbocycles. The van der Waals surface area contributed by atoms with Crippen LogP contribution in [-0.4, -0.2) is 58.3 Å². The Bertz CT molecular complexity index is 443. The number of aromatic nitrogens is 2. The molecular formula is C15H27N5. The van der Waals surface area contributed by atoms with E-state index in [-0.39, 0.29) is 0 Å². The summed E-state index contributed by atoms with van der Waals surface area (Å²) in [6.45, 7) is 6.02. The zero-order chi connectivity index (χ0) is 14.1. The summed E-state index contributed by atoms with van der Waals surface area (Å²) in [7, 11) is 2.29. The Balaban J connectivity index is 1.76. The van der Waals surface area contributed by atoms with Gasteiger partial charge in [-0.3, -0.25) is 14.5 Å². The lowest BCUT2D eigenvalue weighted by Gasteiger charge is -2.32. The molecule has 3 heterocycles. The normalized spacial score (nSPS) is 29.6. The minimum atomic E-state index is 0.322. The summed E-state index contributed by atoms with van der Waals surface area (Å²) in [5, 5.41) is 4.41. The summed E-state index contributed by atoms with van der Waals surface area (Å²) in [5.41, 5.74) is 7.35. The van der Waals surface area contributed by atoms with Crippen molar-refractivity contribution in [2.75, 3.05) is 26.7 Å². The summed E-state index contributed by atoms with van der Waals surface area (Å²) in [6, 6.07) is 1.81.